The minimum Gasteiger partial charge on any atom is -0.493 e. The number of alkyl halides is 1. The summed E-state index contributed by atoms with van der Waals surface area (Å²) in [4.78, 5) is 4.50. The molecule has 10 heteroatoms. The first-order valence-corrected chi connectivity index (χ1v) is 12.6. The van der Waals surface area contributed by atoms with E-state index < -0.39 is 16.2 Å². The molecule has 0 aliphatic carbocycles. The molecule has 0 radical (unpaired) electrons. The van der Waals surface area contributed by atoms with Gasteiger partial charge in [0, 0.05) is 54.2 Å². The number of sulfonamides is 1. The van der Waals surface area contributed by atoms with Crippen molar-refractivity contribution in [1.82, 2.24) is 13.9 Å². The molecule has 0 spiro atoms. The number of ether oxygens (including phenoxy) is 1. The van der Waals surface area contributed by atoms with Crippen LogP contribution >= 0.6 is 34.4 Å². The fourth-order valence-electron chi connectivity index (χ4n) is 3.52. The molecule has 3 heterocycles. The first-order valence-electron chi connectivity index (χ1n) is 9.06. The van der Waals surface area contributed by atoms with E-state index in [1.54, 1.807) is 18.3 Å². The standard InChI is InChI=1S/C18H21FIN3O3S2/c1-22-6-4-21-18(22)27-11-13-2-5-23(10-14(13)19)28(24,25)17-8-12-3-7-26-16(12)9-15(17)20/h4,6,8-9,13-14H,2-3,5,7,10-11H2,1H3/t13-,14+/m0/s1. The number of thioether (sulfide) groups is 1. The van der Waals surface area contributed by atoms with Crippen LogP contribution in [0.25, 0.3) is 0 Å². The molecule has 2 aromatic rings. The zero-order valence-corrected chi connectivity index (χ0v) is 19.1. The van der Waals surface area contributed by atoms with Crippen LogP contribution < -0.4 is 4.74 Å². The Labute approximate surface area is 182 Å². The second-order valence-corrected chi connectivity index (χ2v) is 11.1. The molecule has 0 unspecified atom stereocenters. The molecule has 4 rings (SSSR count). The van der Waals surface area contributed by atoms with Crippen LogP contribution in [0.2, 0.25) is 0 Å². The number of nitrogens with zero attached hydrogens (tertiary/aromatic N) is 3. The fourth-order valence-corrected chi connectivity index (χ4v) is 7.49. The molecule has 2 aliphatic rings. The van der Waals surface area contributed by atoms with E-state index in [-0.39, 0.29) is 17.4 Å². The first-order chi connectivity index (χ1) is 13.4. The van der Waals surface area contributed by atoms with E-state index in [0.29, 0.717) is 35.3 Å². The van der Waals surface area contributed by atoms with Gasteiger partial charge >= 0.3 is 0 Å². The molecule has 6 nitrogen and oxygen atoms in total. The molecule has 0 N–H and O–H groups in total. The first kappa shape index (κ1) is 20.4. The fraction of sp³-hybridized carbons (Fsp3) is 0.500. The number of aromatic nitrogens is 2. The summed E-state index contributed by atoms with van der Waals surface area (Å²) in [5, 5.41) is 0.845. The summed E-state index contributed by atoms with van der Waals surface area (Å²) in [6.45, 7) is 0.802. The Morgan fingerprint density at radius 3 is 2.96 bits per heavy atom. The zero-order chi connectivity index (χ0) is 19.9. The van der Waals surface area contributed by atoms with Crippen LogP contribution in [0.3, 0.4) is 0 Å². The SMILES string of the molecule is Cn1ccnc1SC[C@@H]1CCN(S(=O)(=O)c2cc3c(cc2I)OCC3)C[C@H]1F. The van der Waals surface area contributed by atoms with Crippen LogP contribution in [0.5, 0.6) is 5.75 Å². The lowest BCUT2D eigenvalue weighted by atomic mass is 9.98. The predicted molar refractivity (Wildman–Crippen MR) is 114 cm³/mol. The molecule has 0 bridgehead atoms. The molecule has 0 amide bonds. The number of aryl methyl sites for hydroxylation is 1. The van der Waals surface area contributed by atoms with Crippen LogP contribution in [0.15, 0.2) is 34.6 Å². The van der Waals surface area contributed by atoms with Crippen LogP contribution in [0.1, 0.15) is 12.0 Å². The van der Waals surface area contributed by atoms with Gasteiger partial charge in [-0.25, -0.2) is 17.8 Å². The van der Waals surface area contributed by atoms with Crippen molar-refractivity contribution in [3.63, 3.8) is 0 Å². The van der Waals surface area contributed by atoms with Gasteiger partial charge < -0.3 is 9.30 Å². The van der Waals surface area contributed by atoms with Crippen molar-refractivity contribution in [1.29, 1.82) is 0 Å². The Balaban J connectivity index is 1.45. The van der Waals surface area contributed by atoms with E-state index >= 15 is 0 Å². The van der Waals surface area contributed by atoms with Crippen LogP contribution in [-0.2, 0) is 23.5 Å². The highest BCUT2D eigenvalue weighted by molar-refractivity contribution is 14.1. The summed E-state index contributed by atoms with van der Waals surface area (Å²) >= 11 is 3.53. The minimum atomic E-state index is -3.73. The van der Waals surface area contributed by atoms with E-state index in [4.69, 9.17) is 4.74 Å². The van der Waals surface area contributed by atoms with Gasteiger partial charge in [-0.15, -0.1) is 0 Å². The van der Waals surface area contributed by atoms with Gasteiger partial charge in [0.05, 0.1) is 11.5 Å². The van der Waals surface area contributed by atoms with Crippen molar-refractivity contribution in [3.8, 4) is 5.75 Å². The topological polar surface area (TPSA) is 64.4 Å². The Morgan fingerprint density at radius 1 is 1.43 bits per heavy atom. The molecule has 1 aromatic carbocycles. The third-order valence-corrected chi connectivity index (χ3v) is 9.61. The highest BCUT2D eigenvalue weighted by Crippen LogP contribution is 2.35. The molecular formula is C18H21FIN3O3S2. The van der Waals surface area contributed by atoms with E-state index in [1.807, 2.05) is 40.4 Å². The molecule has 2 aliphatic heterocycles. The number of hydrogen-bond donors (Lipinski definition) is 0. The van der Waals surface area contributed by atoms with E-state index in [1.165, 1.54) is 16.1 Å². The maximum Gasteiger partial charge on any atom is 0.244 e. The van der Waals surface area contributed by atoms with Gasteiger partial charge in [0.1, 0.15) is 11.9 Å². The van der Waals surface area contributed by atoms with Crippen molar-refractivity contribution in [3.05, 3.63) is 33.7 Å². The largest absolute Gasteiger partial charge is 0.493 e. The number of halogens is 2. The second-order valence-electron chi connectivity index (χ2n) is 7.05. The van der Waals surface area contributed by atoms with Crippen LogP contribution in [-0.4, -0.2) is 53.9 Å². The minimum absolute atomic E-state index is 0.0994. The van der Waals surface area contributed by atoms with Gasteiger partial charge in [0.15, 0.2) is 5.16 Å². The van der Waals surface area contributed by atoms with Crippen LogP contribution in [0.4, 0.5) is 4.39 Å². The van der Waals surface area contributed by atoms with Gasteiger partial charge in [-0.3, -0.25) is 0 Å². The normalized spacial score (nSPS) is 22.8. The summed E-state index contributed by atoms with van der Waals surface area (Å²) in [6.07, 6.45) is 3.59. The molecule has 28 heavy (non-hydrogen) atoms. The molecule has 1 fully saturated rings. The third kappa shape index (κ3) is 3.92. The number of piperidine rings is 1. The summed E-state index contributed by atoms with van der Waals surface area (Å²) in [5.74, 6) is 1.16. The van der Waals surface area contributed by atoms with Crippen molar-refractivity contribution in [2.24, 2.45) is 13.0 Å². The Bertz CT molecular complexity index is 982. The molecule has 152 valence electrons. The molecule has 2 atom stereocenters. The van der Waals surface area contributed by atoms with Crippen molar-refractivity contribution >= 4 is 44.4 Å². The summed E-state index contributed by atoms with van der Waals surface area (Å²) in [5.41, 5.74) is 0.900. The average Bonchev–Trinajstić information content (AvgIpc) is 3.28. The summed E-state index contributed by atoms with van der Waals surface area (Å²) in [7, 11) is -1.82. The van der Waals surface area contributed by atoms with Crippen molar-refractivity contribution in [2.45, 2.75) is 29.1 Å². The lowest BCUT2D eigenvalue weighted by molar-refractivity contribution is 0.146. The second kappa shape index (κ2) is 8.11. The number of rotatable bonds is 5. The monoisotopic (exact) mass is 537 g/mol. The van der Waals surface area contributed by atoms with E-state index in [2.05, 4.69) is 4.98 Å². The highest BCUT2D eigenvalue weighted by Gasteiger charge is 2.37. The van der Waals surface area contributed by atoms with Gasteiger partial charge in [0.2, 0.25) is 10.0 Å². The lowest BCUT2D eigenvalue weighted by Crippen LogP contribution is -2.45. The van der Waals surface area contributed by atoms with Crippen molar-refractivity contribution < 1.29 is 17.5 Å². The zero-order valence-electron chi connectivity index (χ0n) is 15.3. The highest BCUT2D eigenvalue weighted by atomic mass is 127. The maximum atomic E-state index is 14.8. The maximum absolute atomic E-state index is 14.8. The quantitative estimate of drug-likeness (QED) is 0.434. The van der Waals surface area contributed by atoms with Gasteiger partial charge in [-0.2, -0.15) is 4.31 Å². The summed E-state index contributed by atoms with van der Waals surface area (Å²) in [6, 6.07) is 3.45. The van der Waals surface area contributed by atoms with Crippen LogP contribution in [0, 0.1) is 9.49 Å². The number of fused-ring (bicyclic) bond motifs is 1. The number of hydrogen-bond acceptors (Lipinski definition) is 5. The van der Waals surface area contributed by atoms with Gasteiger partial charge in [0.25, 0.3) is 0 Å². The Hall–Kier alpha value is -0.850. The van der Waals surface area contributed by atoms with Gasteiger partial charge in [-0.1, -0.05) is 11.8 Å². The lowest BCUT2D eigenvalue weighted by Gasteiger charge is -2.34. The molecular weight excluding hydrogens is 516 g/mol. The summed E-state index contributed by atoms with van der Waals surface area (Å²) < 4.78 is 50.4. The third-order valence-electron chi connectivity index (χ3n) is 5.20. The van der Waals surface area contributed by atoms with E-state index in [9.17, 15) is 12.8 Å². The van der Waals surface area contributed by atoms with E-state index in [0.717, 1.165) is 16.5 Å². The van der Waals surface area contributed by atoms with Crippen molar-refractivity contribution in [2.75, 3.05) is 25.4 Å². The predicted octanol–water partition coefficient (Wildman–Crippen LogP) is 3.10. The number of benzene rings is 1. The Morgan fingerprint density at radius 2 is 2.25 bits per heavy atom. The van der Waals surface area contributed by atoms with Gasteiger partial charge in [-0.05, 0) is 46.7 Å². The molecule has 1 saturated heterocycles. The number of imidazole rings is 1. The average molecular weight is 537 g/mol. The molecule has 1 aromatic heterocycles. The smallest absolute Gasteiger partial charge is 0.244 e. The Kier molecular flexibility index (Phi) is 5.92. The molecule has 0 saturated carbocycles.